The number of rotatable bonds is 3. The highest BCUT2D eigenvalue weighted by Gasteiger charge is 2.34. The monoisotopic (exact) mass is 274 g/mol. The molecule has 0 bridgehead atoms. The Balaban J connectivity index is 2.07. The molecule has 0 N–H and O–H groups in total. The first-order valence-electron chi connectivity index (χ1n) is 9.19. The molecule has 0 aromatic heterocycles. The second-order valence-corrected chi connectivity index (χ2v) is 7.10. The fraction of sp³-hybridized carbons (Fsp3) is 0.800. The van der Waals surface area contributed by atoms with Crippen LogP contribution in [0.1, 0.15) is 84.5 Å². The van der Waals surface area contributed by atoms with Crippen LogP contribution in [0.15, 0.2) is 23.8 Å². The van der Waals surface area contributed by atoms with Crippen LogP contribution in [0.4, 0.5) is 0 Å². The number of hydrogen-bond donors (Lipinski definition) is 0. The zero-order valence-electron chi connectivity index (χ0n) is 13.7. The Kier molecular flexibility index (Phi) is 6.90. The minimum Gasteiger partial charge on any atom is -0.0845 e. The summed E-state index contributed by atoms with van der Waals surface area (Å²) in [6, 6.07) is 0. The lowest BCUT2D eigenvalue weighted by atomic mass is 9.86. The van der Waals surface area contributed by atoms with Gasteiger partial charge in [0.1, 0.15) is 0 Å². The van der Waals surface area contributed by atoms with Crippen LogP contribution in [-0.4, -0.2) is 0 Å². The van der Waals surface area contributed by atoms with Crippen molar-refractivity contribution in [2.24, 2.45) is 17.8 Å². The van der Waals surface area contributed by atoms with Crippen molar-refractivity contribution in [2.45, 2.75) is 84.5 Å². The van der Waals surface area contributed by atoms with Crippen LogP contribution >= 0.6 is 0 Å². The molecule has 2 rings (SSSR count). The molecule has 20 heavy (non-hydrogen) atoms. The van der Waals surface area contributed by atoms with Crippen molar-refractivity contribution in [1.82, 2.24) is 0 Å². The number of fused-ring (bicyclic) bond motifs is 1. The van der Waals surface area contributed by atoms with Crippen molar-refractivity contribution < 1.29 is 0 Å². The van der Waals surface area contributed by atoms with Crippen molar-refractivity contribution in [3.8, 4) is 0 Å². The second kappa shape index (κ2) is 8.70. The first-order valence-corrected chi connectivity index (χ1v) is 9.19. The maximum absolute atomic E-state index is 2.51. The molecule has 2 aliphatic rings. The zero-order valence-corrected chi connectivity index (χ0v) is 13.7. The highest BCUT2D eigenvalue weighted by molar-refractivity contribution is 5.23. The fourth-order valence-electron chi connectivity index (χ4n) is 4.26. The van der Waals surface area contributed by atoms with E-state index in [0.717, 1.165) is 17.8 Å². The van der Waals surface area contributed by atoms with Gasteiger partial charge in [-0.2, -0.15) is 0 Å². The predicted octanol–water partition coefficient (Wildman–Crippen LogP) is 6.68. The van der Waals surface area contributed by atoms with Crippen LogP contribution in [0.3, 0.4) is 0 Å². The molecule has 0 aromatic carbocycles. The van der Waals surface area contributed by atoms with Gasteiger partial charge >= 0.3 is 0 Å². The lowest BCUT2D eigenvalue weighted by Crippen LogP contribution is -2.07. The van der Waals surface area contributed by atoms with Crippen LogP contribution < -0.4 is 0 Å². The Morgan fingerprint density at radius 1 is 1.10 bits per heavy atom. The van der Waals surface area contributed by atoms with Gasteiger partial charge in [-0.15, -0.1) is 0 Å². The number of unbranched alkanes of at least 4 members (excludes halogenated alkanes) is 1. The Labute approximate surface area is 126 Å². The lowest BCUT2D eigenvalue weighted by molar-refractivity contribution is 0.404. The van der Waals surface area contributed by atoms with Crippen LogP contribution in [0, 0.1) is 17.8 Å². The molecule has 0 heteroatoms. The summed E-state index contributed by atoms with van der Waals surface area (Å²) in [5, 5.41) is 0. The van der Waals surface area contributed by atoms with Gasteiger partial charge in [-0.25, -0.2) is 0 Å². The third kappa shape index (κ3) is 4.50. The molecule has 0 amide bonds. The van der Waals surface area contributed by atoms with E-state index < -0.39 is 0 Å². The minimum atomic E-state index is 0.890. The van der Waals surface area contributed by atoms with Crippen LogP contribution in [0.25, 0.3) is 0 Å². The molecule has 0 heterocycles. The molecule has 0 nitrogen and oxygen atoms in total. The largest absolute Gasteiger partial charge is 0.0845 e. The van der Waals surface area contributed by atoms with Gasteiger partial charge in [-0.3, -0.25) is 0 Å². The summed E-state index contributed by atoms with van der Waals surface area (Å²) in [7, 11) is 0. The number of hydrogen-bond acceptors (Lipinski definition) is 0. The van der Waals surface area contributed by atoms with Gasteiger partial charge in [0, 0.05) is 0 Å². The normalized spacial score (nSPS) is 36.3. The Hall–Kier alpha value is -0.520. The summed E-state index contributed by atoms with van der Waals surface area (Å²) in [6.07, 6.45) is 22.8. The summed E-state index contributed by atoms with van der Waals surface area (Å²) < 4.78 is 0. The van der Waals surface area contributed by atoms with E-state index in [1.54, 1.807) is 0 Å². The molecule has 0 aliphatic heterocycles. The van der Waals surface area contributed by atoms with E-state index in [1.165, 1.54) is 70.6 Å². The Bertz CT molecular complexity index is 323. The van der Waals surface area contributed by atoms with Gasteiger partial charge < -0.3 is 0 Å². The van der Waals surface area contributed by atoms with Gasteiger partial charge in [0.25, 0.3) is 0 Å². The highest BCUT2D eigenvalue weighted by Crippen LogP contribution is 2.45. The van der Waals surface area contributed by atoms with E-state index in [9.17, 15) is 0 Å². The summed E-state index contributed by atoms with van der Waals surface area (Å²) in [5.74, 6) is 2.70. The van der Waals surface area contributed by atoms with Crippen molar-refractivity contribution in [1.29, 1.82) is 0 Å². The standard InChI is InChI=1S/C20H34/c1-3-4-13-18-16-17(2)19-14-11-9-7-5-6-8-10-12-15-20(18)19/h10,12,15,17-19H,3-9,11,13-14,16H2,1-2H3/b12-10-,20-15-. The van der Waals surface area contributed by atoms with E-state index >= 15 is 0 Å². The molecule has 1 fully saturated rings. The van der Waals surface area contributed by atoms with Gasteiger partial charge in [0.2, 0.25) is 0 Å². The topological polar surface area (TPSA) is 0 Å². The summed E-state index contributed by atoms with van der Waals surface area (Å²) >= 11 is 0. The predicted molar refractivity (Wildman–Crippen MR) is 89.8 cm³/mol. The smallest absolute Gasteiger partial charge is 0.0171 e. The molecular weight excluding hydrogens is 240 g/mol. The molecule has 3 unspecified atom stereocenters. The summed E-state index contributed by atoms with van der Waals surface area (Å²) in [4.78, 5) is 0. The average molecular weight is 274 g/mol. The van der Waals surface area contributed by atoms with E-state index in [1.807, 2.05) is 5.57 Å². The minimum absolute atomic E-state index is 0.890. The second-order valence-electron chi connectivity index (χ2n) is 7.10. The maximum atomic E-state index is 2.51. The van der Waals surface area contributed by atoms with E-state index in [4.69, 9.17) is 0 Å². The van der Waals surface area contributed by atoms with Gasteiger partial charge in [-0.1, -0.05) is 76.2 Å². The molecule has 1 saturated carbocycles. The Morgan fingerprint density at radius 3 is 2.75 bits per heavy atom. The first-order chi connectivity index (χ1) is 9.83. The van der Waals surface area contributed by atoms with Gasteiger partial charge in [0.15, 0.2) is 0 Å². The summed E-state index contributed by atoms with van der Waals surface area (Å²) in [5.41, 5.74) is 1.81. The van der Waals surface area contributed by atoms with Crippen LogP contribution in [0.5, 0.6) is 0 Å². The molecule has 2 aliphatic carbocycles. The third-order valence-corrected chi connectivity index (χ3v) is 5.46. The van der Waals surface area contributed by atoms with Crippen molar-refractivity contribution in [2.75, 3.05) is 0 Å². The van der Waals surface area contributed by atoms with Crippen LogP contribution in [-0.2, 0) is 0 Å². The SMILES string of the molecule is CCCCC1CC(C)C2CCCCCCC/C=C\C=C\12. The number of allylic oxidation sites excluding steroid dienone is 4. The molecule has 0 saturated heterocycles. The molecule has 0 aromatic rings. The zero-order chi connectivity index (χ0) is 14.2. The lowest BCUT2D eigenvalue weighted by Gasteiger charge is -2.19. The quantitative estimate of drug-likeness (QED) is 0.538. The first kappa shape index (κ1) is 15.9. The Morgan fingerprint density at radius 2 is 1.90 bits per heavy atom. The molecular formula is C20H34. The van der Waals surface area contributed by atoms with Crippen molar-refractivity contribution in [3.05, 3.63) is 23.8 Å². The third-order valence-electron chi connectivity index (χ3n) is 5.46. The van der Waals surface area contributed by atoms with Gasteiger partial charge in [0.05, 0.1) is 0 Å². The molecule has 3 atom stereocenters. The average Bonchev–Trinajstić information content (AvgIpc) is 2.72. The summed E-state index contributed by atoms with van der Waals surface area (Å²) in [6.45, 7) is 4.82. The van der Waals surface area contributed by atoms with E-state index in [0.29, 0.717) is 0 Å². The molecule has 0 spiro atoms. The molecule has 114 valence electrons. The van der Waals surface area contributed by atoms with Crippen molar-refractivity contribution in [3.63, 3.8) is 0 Å². The van der Waals surface area contributed by atoms with E-state index in [2.05, 4.69) is 32.1 Å². The highest BCUT2D eigenvalue weighted by atomic mass is 14.4. The van der Waals surface area contributed by atoms with Crippen LogP contribution in [0.2, 0.25) is 0 Å². The van der Waals surface area contributed by atoms with Gasteiger partial charge in [-0.05, 0) is 49.9 Å². The molecule has 0 radical (unpaired) electrons. The maximum Gasteiger partial charge on any atom is -0.0171 e. The van der Waals surface area contributed by atoms with E-state index in [-0.39, 0.29) is 0 Å². The van der Waals surface area contributed by atoms with Crippen molar-refractivity contribution >= 4 is 0 Å². The fourth-order valence-corrected chi connectivity index (χ4v) is 4.26.